The second-order valence-electron chi connectivity index (χ2n) is 20.3. The van der Waals surface area contributed by atoms with Crippen LogP contribution in [0, 0.1) is 56.7 Å². The number of rotatable bonds is 9. The maximum Gasteiger partial charge on any atom is 0.310 e. The maximum absolute atomic E-state index is 12.3. The van der Waals surface area contributed by atoms with Crippen molar-refractivity contribution >= 4 is 15.8 Å². The molecule has 0 aromatic rings. The zero-order valence-corrected chi connectivity index (χ0v) is 34.2. The summed E-state index contributed by atoms with van der Waals surface area (Å²) in [7, 11) is -2.87. The highest BCUT2D eigenvalue weighted by Crippen LogP contribution is 2.76. The molecule has 0 bridgehead atoms. The first-order valence-electron chi connectivity index (χ1n) is 21.0. The summed E-state index contributed by atoms with van der Waals surface area (Å²) in [6.45, 7) is 23.0. The third-order valence-corrected chi connectivity index (χ3v) is 19.6. The van der Waals surface area contributed by atoms with Crippen molar-refractivity contribution in [2.75, 3.05) is 44.3 Å². The monoisotopic (exact) mass is 739 g/mol. The van der Waals surface area contributed by atoms with Gasteiger partial charge in [0.2, 0.25) is 0 Å². The summed E-state index contributed by atoms with van der Waals surface area (Å²) in [5, 5.41) is 23.9. The molecule has 292 valence electrons. The molecule has 5 fully saturated rings. The van der Waals surface area contributed by atoms with Crippen LogP contribution < -0.4 is 5.32 Å². The Morgan fingerprint density at radius 3 is 2.29 bits per heavy atom. The van der Waals surface area contributed by atoms with Gasteiger partial charge in [0, 0.05) is 38.3 Å². The summed E-state index contributed by atoms with van der Waals surface area (Å²) in [4.78, 5) is 14.6. The van der Waals surface area contributed by atoms with E-state index in [2.05, 4.69) is 70.5 Å². The van der Waals surface area contributed by atoms with Gasteiger partial charge in [-0.1, -0.05) is 58.9 Å². The molecule has 7 aliphatic rings. The van der Waals surface area contributed by atoms with Gasteiger partial charge in [0.1, 0.15) is 0 Å². The Balaban J connectivity index is 1.13. The van der Waals surface area contributed by atoms with Crippen LogP contribution in [0.25, 0.3) is 0 Å². The normalized spacial score (nSPS) is 45.4. The Bertz CT molecular complexity index is 1600. The van der Waals surface area contributed by atoms with Gasteiger partial charge in [-0.05, 0) is 153 Å². The molecule has 52 heavy (non-hydrogen) atoms. The van der Waals surface area contributed by atoms with Crippen LogP contribution in [0.15, 0.2) is 35.5 Å². The number of hydrogen-bond acceptors (Lipinski definition) is 6. The molecule has 0 aromatic carbocycles. The molecular formula is C44H70N2O5S. The SMILES string of the molecule is C=C(C)[C@@H]1CC[C@]2(NCCN3CCS(=O)(=O)CC3)CC[C@]3(C)C(CC[C@@H]4[C@]5(C)CC=C(C6=CCC(CCO)(C(=O)O)CC6)C(C)(C)[C@@H]5CC[C@]43C)[C@@H]12. The standard InChI is InChI=1S/C44H70N2O5S/c1-30(2)32-12-19-44(45-23-24-46-25-28-52(50,51)29-26-46)21-20-41(6)34(37(32)44)8-9-36-40(5)15-13-33(39(3,4)35(40)14-16-42(36,41)7)31-10-17-43(18-11-31,22-27-47)38(48)49/h10,13,32,34-37,45,47H,1,8-9,11-12,14-29H2,2-7H3,(H,48,49)/t32-,34?,35-,36+,37+,40+,41+,42+,43?,44-/m0/s1. The van der Waals surface area contributed by atoms with Crippen LogP contribution in [0.4, 0.5) is 0 Å². The van der Waals surface area contributed by atoms with Crippen molar-refractivity contribution in [3.8, 4) is 0 Å². The van der Waals surface area contributed by atoms with E-state index in [1.807, 2.05) is 0 Å². The number of aliphatic carboxylic acids is 1. The van der Waals surface area contributed by atoms with E-state index in [1.165, 1.54) is 68.1 Å². The second kappa shape index (κ2) is 13.3. The highest BCUT2D eigenvalue weighted by atomic mass is 32.2. The van der Waals surface area contributed by atoms with Gasteiger partial charge in [-0.15, -0.1) is 0 Å². The van der Waals surface area contributed by atoms with Crippen molar-refractivity contribution in [2.45, 2.75) is 131 Å². The summed E-state index contributed by atoms with van der Waals surface area (Å²) in [6, 6.07) is 0. The van der Waals surface area contributed by atoms with E-state index in [4.69, 9.17) is 0 Å². The molecule has 1 aliphatic heterocycles. The van der Waals surface area contributed by atoms with Gasteiger partial charge >= 0.3 is 5.97 Å². The molecule has 8 heteroatoms. The smallest absolute Gasteiger partial charge is 0.310 e. The number of aliphatic hydroxyl groups excluding tert-OH is 1. The molecule has 3 N–H and O–H groups in total. The quantitative estimate of drug-likeness (QED) is 0.207. The van der Waals surface area contributed by atoms with Gasteiger partial charge in [-0.2, -0.15) is 0 Å². The third-order valence-electron chi connectivity index (χ3n) is 18.0. The molecule has 6 aliphatic carbocycles. The number of fused-ring (bicyclic) bond motifs is 7. The minimum Gasteiger partial charge on any atom is -0.481 e. The summed E-state index contributed by atoms with van der Waals surface area (Å²) >= 11 is 0. The predicted molar refractivity (Wildman–Crippen MR) is 210 cm³/mol. The number of allylic oxidation sites excluding steroid dienone is 5. The van der Waals surface area contributed by atoms with Crippen LogP contribution in [-0.4, -0.2) is 79.3 Å². The fraction of sp³-hybridized carbons (Fsp3) is 0.841. The number of carboxylic acids is 1. The van der Waals surface area contributed by atoms with E-state index < -0.39 is 21.2 Å². The van der Waals surface area contributed by atoms with Crippen LogP contribution in [0.1, 0.15) is 125 Å². The minimum absolute atomic E-state index is 0.0266. The number of carbonyl (C=O) groups is 1. The summed E-state index contributed by atoms with van der Waals surface area (Å²) in [5.41, 5.74) is 4.30. The Hall–Kier alpha value is -1.48. The fourth-order valence-corrected chi connectivity index (χ4v) is 16.2. The van der Waals surface area contributed by atoms with E-state index in [0.717, 1.165) is 25.9 Å². The van der Waals surface area contributed by atoms with E-state index in [1.54, 1.807) is 0 Å². The summed E-state index contributed by atoms with van der Waals surface area (Å²) in [6.07, 6.45) is 18.2. The summed E-state index contributed by atoms with van der Waals surface area (Å²) in [5.74, 6) is 2.91. The molecule has 1 heterocycles. The maximum atomic E-state index is 12.3. The van der Waals surface area contributed by atoms with Gasteiger partial charge in [-0.25, -0.2) is 8.42 Å². The lowest BCUT2D eigenvalue weighted by Gasteiger charge is -2.72. The predicted octanol–water partition coefficient (Wildman–Crippen LogP) is 7.82. The number of nitrogens with one attached hydrogen (secondary N) is 1. The van der Waals surface area contributed by atoms with Crippen LogP contribution in [-0.2, 0) is 14.6 Å². The number of nitrogens with zero attached hydrogens (tertiary/aromatic N) is 1. The van der Waals surface area contributed by atoms with Crippen molar-refractivity contribution in [1.29, 1.82) is 0 Å². The molecule has 10 atom stereocenters. The Morgan fingerprint density at radius 2 is 1.65 bits per heavy atom. The third kappa shape index (κ3) is 5.88. The van der Waals surface area contributed by atoms with Crippen LogP contribution >= 0.6 is 0 Å². The zero-order valence-electron chi connectivity index (χ0n) is 33.4. The highest BCUT2D eigenvalue weighted by Gasteiger charge is 2.70. The summed E-state index contributed by atoms with van der Waals surface area (Å²) < 4.78 is 24.1. The van der Waals surface area contributed by atoms with Gasteiger partial charge in [0.25, 0.3) is 0 Å². The minimum atomic E-state index is -2.87. The van der Waals surface area contributed by atoms with Crippen molar-refractivity contribution in [1.82, 2.24) is 10.2 Å². The number of aliphatic hydroxyl groups is 1. The van der Waals surface area contributed by atoms with E-state index in [9.17, 15) is 23.4 Å². The van der Waals surface area contributed by atoms with Crippen molar-refractivity contribution in [2.24, 2.45) is 56.7 Å². The molecular weight excluding hydrogens is 669 g/mol. The van der Waals surface area contributed by atoms with Crippen LogP contribution in [0.3, 0.4) is 0 Å². The molecule has 7 rings (SSSR count). The Morgan fingerprint density at radius 1 is 0.923 bits per heavy atom. The molecule has 1 saturated heterocycles. The molecule has 0 aromatic heterocycles. The number of carboxylic acid groups (broad SMARTS) is 1. The van der Waals surface area contributed by atoms with Gasteiger partial charge in [-0.3, -0.25) is 4.79 Å². The second-order valence-corrected chi connectivity index (χ2v) is 22.6. The van der Waals surface area contributed by atoms with E-state index in [0.29, 0.717) is 73.4 Å². The average Bonchev–Trinajstić information content (AvgIpc) is 3.46. The van der Waals surface area contributed by atoms with E-state index >= 15 is 0 Å². The molecule has 0 radical (unpaired) electrons. The number of sulfone groups is 1. The topological polar surface area (TPSA) is 107 Å². The van der Waals surface area contributed by atoms with Crippen molar-refractivity contribution in [3.63, 3.8) is 0 Å². The van der Waals surface area contributed by atoms with Gasteiger partial charge in [0.15, 0.2) is 9.84 Å². The van der Waals surface area contributed by atoms with Gasteiger partial charge in [0.05, 0.1) is 16.9 Å². The molecule has 4 saturated carbocycles. The highest BCUT2D eigenvalue weighted by molar-refractivity contribution is 7.91. The first-order valence-corrected chi connectivity index (χ1v) is 22.8. The van der Waals surface area contributed by atoms with Crippen LogP contribution in [0.2, 0.25) is 0 Å². The van der Waals surface area contributed by atoms with Crippen molar-refractivity contribution < 1.29 is 23.4 Å². The zero-order chi connectivity index (χ0) is 37.5. The molecule has 2 unspecified atom stereocenters. The molecule has 0 spiro atoms. The first-order chi connectivity index (χ1) is 24.4. The molecule has 0 amide bonds. The lowest BCUT2D eigenvalue weighted by Crippen LogP contribution is -2.68. The van der Waals surface area contributed by atoms with Gasteiger partial charge < -0.3 is 20.4 Å². The fourth-order valence-electron chi connectivity index (χ4n) is 14.9. The largest absolute Gasteiger partial charge is 0.481 e. The lowest BCUT2D eigenvalue weighted by molar-refractivity contribution is -0.221. The first kappa shape index (κ1) is 38.8. The lowest BCUT2D eigenvalue weighted by atomic mass is 9.33. The molecule has 7 nitrogen and oxygen atoms in total. The number of hydrogen-bond donors (Lipinski definition) is 3. The average molecular weight is 739 g/mol. The van der Waals surface area contributed by atoms with Crippen LogP contribution in [0.5, 0.6) is 0 Å². The van der Waals surface area contributed by atoms with E-state index in [-0.39, 0.29) is 33.8 Å². The Kier molecular flexibility index (Phi) is 9.94. The van der Waals surface area contributed by atoms with Crippen molar-refractivity contribution in [3.05, 3.63) is 35.5 Å². The Labute approximate surface area is 315 Å².